The topological polar surface area (TPSA) is 31.4 Å². The Bertz CT molecular complexity index is 799. The Hall–Kier alpha value is -2.55. The number of ether oxygens (including phenoxy) is 2. The fourth-order valence-corrected chi connectivity index (χ4v) is 3.12. The molecule has 0 spiro atoms. The first-order valence-electron chi connectivity index (χ1n) is 7.84. The van der Waals surface area contributed by atoms with E-state index in [1.165, 1.54) is 11.1 Å². The van der Waals surface area contributed by atoms with Gasteiger partial charge in [-0.25, -0.2) is 0 Å². The van der Waals surface area contributed by atoms with Gasteiger partial charge in [-0.3, -0.25) is 4.98 Å². The Morgan fingerprint density at radius 3 is 2.30 bits per heavy atom. The van der Waals surface area contributed by atoms with Crippen LogP contribution in [0.25, 0.3) is 10.9 Å². The minimum Gasteiger partial charge on any atom is -0.493 e. The number of hydrogen-bond acceptors (Lipinski definition) is 3. The summed E-state index contributed by atoms with van der Waals surface area (Å²) < 4.78 is 10.9. The Kier molecular flexibility index (Phi) is 4.47. The fraction of sp³-hybridized carbons (Fsp3) is 0.250. The van der Waals surface area contributed by atoms with Crippen molar-refractivity contribution in [2.75, 3.05) is 14.2 Å². The first kappa shape index (κ1) is 15.3. The smallest absolute Gasteiger partial charge is 0.162 e. The lowest BCUT2D eigenvalue weighted by atomic mass is 9.87. The zero-order chi connectivity index (χ0) is 16.2. The molecule has 0 aliphatic rings. The van der Waals surface area contributed by atoms with Crippen molar-refractivity contribution in [2.45, 2.75) is 19.3 Å². The van der Waals surface area contributed by atoms with Gasteiger partial charge in [0.25, 0.3) is 0 Å². The van der Waals surface area contributed by atoms with Crippen LogP contribution in [0.4, 0.5) is 0 Å². The van der Waals surface area contributed by atoms with Gasteiger partial charge in [-0.15, -0.1) is 0 Å². The van der Waals surface area contributed by atoms with Crippen molar-refractivity contribution in [3.05, 3.63) is 65.9 Å². The highest BCUT2D eigenvalue weighted by atomic mass is 16.5. The maximum atomic E-state index is 5.47. The molecule has 0 aliphatic carbocycles. The molecule has 1 aromatic heterocycles. The van der Waals surface area contributed by atoms with Crippen LogP contribution in [-0.2, 0) is 0 Å². The standard InChI is InChI=1S/C20H21NO2/c1-4-15(14-8-6-5-7-9-14)16-10-11-21-18-13-20(23-3)19(22-2)12-17(16)18/h5-13,15H,4H2,1-3H3. The number of methoxy groups -OCH3 is 2. The van der Waals surface area contributed by atoms with Crippen LogP contribution in [0, 0.1) is 0 Å². The summed E-state index contributed by atoms with van der Waals surface area (Å²) in [5, 5.41) is 1.11. The van der Waals surface area contributed by atoms with Gasteiger partial charge in [0.15, 0.2) is 11.5 Å². The Balaban J connectivity index is 2.20. The molecule has 0 radical (unpaired) electrons. The summed E-state index contributed by atoms with van der Waals surface area (Å²) in [6, 6.07) is 16.7. The molecule has 1 heterocycles. The molecular formula is C20H21NO2. The molecule has 3 nitrogen and oxygen atoms in total. The lowest BCUT2D eigenvalue weighted by molar-refractivity contribution is 0.355. The summed E-state index contributed by atoms with van der Waals surface area (Å²) in [5.41, 5.74) is 3.51. The van der Waals surface area contributed by atoms with Crippen LogP contribution in [0.3, 0.4) is 0 Å². The lowest BCUT2D eigenvalue weighted by Crippen LogP contribution is -2.02. The maximum Gasteiger partial charge on any atom is 0.162 e. The molecule has 0 fully saturated rings. The van der Waals surface area contributed by atoms with Gasteiger partial charge in [0.05, 0.1) is 19.7 Å². The van der Waals surface area contributed by atoms with Gasteiger partial charge in [0.1, 0.15) is 0 Å². The molecule has 3 heteroatoms. The molecule has 0 amide bonds. The molecule has 3 rings (SSSR count). The van der Waals surface area contributed by atoms with Crippen LogP contribution < -0.4 is 9.47 Å². The van der Waals surface area contributed by atoms with E-state index in [-0.39, 0.29) is 0 Å². The molecule has 1 unspecified atom stereocenters. The van der Waals surface area contributed by atoms with Crippen molar-refractivity contribution >= 4 is 10.9 Å². The minimum absolute atomic E-state index is 0.333. The van der Waals surface area contributed by atoms with E-state index in [1.807, 2.05) is 18.3 Å². The monoisotopic (exact) mass is 307 g/mol. The van der Waals surface area contributed by atoms with Gasteiger partial charge in [0.2, 0.25) is 0 Å². The summed E-state index contributed by atoms with van der Waals surface area (Å²) in [6.07, 6.45) is 2.90. The van der Waals surface area contributed by atoms with E-state index in [1.54, 1.807) is 14.2 Å². The van der Waals surface area contributed by atoms with Crippen LogP contribution in [0.15, 0.2) is 54.7 Å². The molecule has 23 heavy (non-hydrogen) atoms. The van der Waals surface area contributed by atoms with E-state index < -0.39 is 0 Å². The second-order valence-electron chi connectivity index (χ2n) is 5.50. The van der Waals surface area contributed by atoms with E-state index in [4.69, 9.17) is 9.47 Å². The average Bonchev–Trinajstić information content (AvgIpc) is 2.62. The highest BCUT2D eigenvalue weighted by Gasteiger charge is 2.17. The third-order valence-electron chi connectivity index (χ3n) is 4.27. The molecule has 118 valence electrons. The van der Waals surface area contributed by atoms with E-state index in [0.717, 1.165) is 23.1 Å². The van der Waals surface area contributed by atoms with E-state index in [0.29, 0.717) is 11.7 Å². The zero-order valence-electron chi connectivity index (χ0n) is 13.7. The predicted octanol–water partition coefficient (Wildman–Crippen LogP) is 4.79. The Morgan fingerprint density at radius 1 is 0.957 bits per heavy atom. The second kappa shape index (κ2) is 6.69. The summed E-state index contributed by atoms with van der Waals surface area (Å²) in [5.74, 6) is 1.77. The van der Waals surface area contributed by atoms with Gasteiger partial charge in [-0.05, 0) is 29.7 Å². The number of hydrogen-bond donors (Lipinski definition) is 0. The van der Waals surface area contributed by atoms with E-state index in [9.17, 15) is 0 Å². The summed E-state index contributed by atoms with van der Waals surface area (Å²) in [4.78, 5) is 4.50. The number of benzene rings is 2. The van der Waals surface area contributed by atoms with Gasteiger partial charge < -0.3 is 9.47 Å². The third kappa shape index (κ3) is 2.87. The van der Waals surface area contributed by atoms with Gasteiger partial charge in [-0.1, -0.05) is 37.3 Å². The van der Waals surface area contributed by atoms with Crippen molar-refractivity contribution in [3.63, 3.8) is 0 Å². The fourth-order valence-electron chi connectivity index (χ4n) is 3.12. The number of rotatable bonds is 5. The van der Waals surface area contributed by atoms with Crippen molar-refractivity contribution in [1.29, 1.82) is 0 Å². The SMILES string of the molecule is CCC(c1ccccc1)c1ccnc2cc(OC)c(OC)cc12. The number of pyridine rings is 1. The van der Waals surface area contributed by atoms with Crippen molar-refractivity contribution < 1.29 is 9.47 Å². The quantitative estimate of drug-likeness (QED) is 0.679. The Labute approximate surface area is 136 Å². The van der Waals surface area contributed by atoms with E-state index in [2.05, 4.69) is 48.3 Å². The molecule has 0 saturated heterocycles. The van der Waals surface area contributed by atoms with Crippen molar-refractivity contribution in [2.24, 2.45) is 0 Å². The van der Waals surface area contributed by atoms with Crippen LogP contribution in [-0.4, -0.2) is 19.2 Å². The molecule has 1 atom stereocenters. The van der Waals surface area contributed by atoms with Crippen LogP contribution in [0.1, 0.15) is 30.4 Å². The average molecular weight is 307 g/mol. The second-order valence-corrected chi connectivity index (χ2v) is 5.50. The lowest BCUT2D eigenvalue weighted by Gasteiger charge is -2.19. The minimum atomic E-state index is 0.333. The highest BCUT2D eigenvalue weighted by molar-refractivity contribution is 5.86. The van der Waals surface area contributed by atoms with Gasteiger partial charge in [0, 0.05) is 23.6 Å². The highest BCUT2D eigenvalue weighted by Crippen LogP contribution is 2.37. The molecular weight excluding hydrogens is 286 g/mol. The van der Waals surface area contributed by atoms with Crippen LogP contribution >= 0.6 is 0 Å². The van der Waals surface area contributed by atoms with Gasteiger partial charge >= 0.3 is 0 Å². The van der Waals surface area contributed by atoms with Crippen LogP contribution in [0.2, 0.25) is 0 Å². The Morgan fingerprint density at radius 2 is 1.65 bits per heavy atom. The van der Waals surface area contributed by atoms with E-state index >= 15 is 0 Å². The molecule has 3 aromatic rings. The zero-order valence-corrected chi connectivity index (χ0v) is 13.7. The first-order chi connectivity index (χ1) is 11.3. The summed E-state index contributed by atoms with van der Waals surface area (Å²) in [7, 11) is 3.31. The first-order valence-corrected chi connectivity index (χ1v) is 7.84. The number of fused-ring (bicyclic) bond motifs is 1. The van der Waals surface area contributed by atoms with Gasteiger partial charge in [-0.2, -0.15) is 0 Å². The molecule has 0 saturated carbocycles. The third-order valence-corrected chi connectivity index (χ3v) is 4.27. The van der Waals surface area contributed by atoms with Crippen LogP contribution in [0.5, 0.6) is 11.5 Å². The summed E-state index contributed by atoms with van der Waals surface area (Å²) in [6.45, 7) is 2.21. The van der Waals surface area contributed by atoms with Crippen molar-refractivity contribution in [3.8, 4) is 11.5 Å². The molecule has 2 aromatic carbocycles. The maximum absolute atomic E-state index is 5.47. The number of aromatic nitrogens is 1. The van der Waals surface area contributed by atoms with Crippen molar-refractivity contribution in [1.82, 2.24) is 4.98 Å². The summed E-state index contributed by atoms with van der Waals surface area (Å²) >= 11 is 0. The predicted molar refractivity (Wildman–Crippen MR) is 93.4 cm³/mol. The molecule has 0 N–H and O–H groups in total. The normalized spacial score (nSPS) is 12.1. The molecule has 0 bridgehead atoms. The largest absolute Gasteiger partial charge is 0.493 e. The number of nitrogens with zero attached hydrogens (tertiary/aromatic N) is 1. The molecule has 0 aliphatic heterocycles.